The van der Waals surface area contributed by atoms with Crippen molar-refractivity contribution < 1.29 is 14.7 Å². The highest BCUT2D eigenvalue weighted by molar-refractivity contribution is 5.93. The quantitative estimate of drug-likeness (QED) is 0.709. The van der Waals surface area contributed by atoms with Crippen molar-refractivity contribution >= 4 is 28.9 Å². The largest absolute Gasteiger partial charge is 0.380 e. The summed E-state index contributed by atoms with van der Waals surface area (Å²) in [6.45, 7) is 5.58. The molecule has 1 aliphatic heterocycles. The number of carbonyl (C=O) groups is 2. The van der Waals surface area contributed by atoms with Crippen LogP contribution >= 0.6 is 0 Å². The average Bonchev–Trinajstić information content (AvgIpc) is 3.44. The van der Waals surface area contributed by atoms with E-state index >= 15 is 0 Å². The Morgan fingerprint density at radius 2 is 1.71 bits per heavy atom. The molecule has 0 bridgehead atoms. The molecule has 2 aliphatic rings. The molecule has 0 atom stereocenters. The van der Waals surface area contributed by atoms with Crippen molar-refractivity contribution in [3.63, 3.8) is 0 Å². The molecule has 1 N–H and O–H groups in total. The van der Waals surface area contributed by atoms with E-state index in [1.165, 1.54) is 0 Å². The Morgan fingerprint density at radius 1 is 1.00 bits per heavy atom. The fourth-order valence-corrected chi connectivity index (χ4v) is 4.10. The Kier molecular flexibility index (Phi) is 4.63. The molecule has 1 saturated heterocycles. The van der Waals surface area contributed by atoms with Gasteiger partial charge in [-0.2, -0.15) is 0 Å². The lowest BCUT2D eigenvalue weighted by Crippen LogP contribution is -2.53. The van der Waals surface area contributed by atoms with Gasteiger partial charge >= 0.3 is 0 Å². The standard InChI is InChI=1S/C24H24N4O3/c1-2-26-10-7-18-15-17(4-6-21(18)26)19-3-5-20(25-16-19)22(29)27-11-13-28(14-12-27)23(30)24(31)8-9-24/h2-7,10,15-16,31H,1,8-9,11-14H2. The molecule has 1 aromatic carbocycles. The lowest BCUT2D eigenvalue weighted by molar-refractivity contribution is -0.143. The van der Waals surface area contributed by atoms with E-state index in [9.17, 15) is 14.7 Å². The number of carbonyl (C=O) groups excluding carboxylic acids is 2. The van der Waals surface area contributed by atoms with E-state index in [-0.39, 0.29) is 11.8 Å². The van der Waals surface area contributed by atoms with Crippen LogP contribution in [0.5, 0.6) is 0 Å². The summed E-state index contributed by atoms with van der Waals surface area (Å²) in [7, 11) is 0. The van der Waals surface area contributed by atoms with Gasteiger partial charge in [0.2, 0.25) is 0 Å². The maximum absolute atomic E-state index is 12.8. The van der Waals surface area contributed by atoms with Crippen LogP contribution in [0.15, 0.2) is 55.4 Å². The lowest BCUT2D eigenvalue weighted by atomic mass is 10.1. The number of aliphatic hydroxyl groups is 1. The predicted octanol–water partition coefficient (Wildman–Crippen LogP) is 2.61. The van der Waals surface area contributed by atoms with Crippen LogP contribution in [0, 0.1) is 0 Å². The van der Waals surface area contributed by atoms with Crippen molar-refractivity contribution in [3.05, 3.63) is 61.1 Å². The molecule has 2 aromatic heterocycles. The fraction of sp³-hybridized carbons (Fsp3) is 0.292. The molecule has 31 heavy (non-hydrogen) atoms. The first-order chi connectivity index (χ1) is 15.0. The van der Waals surface area contributed by atoms with E-state index in [4.69, 9.17) is 0 Å². The summed E-state index contributed by atoms with van der Waals surface area (Å²) in [6, 6.07) is 11.9. The van der Waals surface area contributed by atoms with Crippen LogP contribution in [0.25, 0.3) is 28.2 Å². The monoisotopic (exact) mass is 416 g/mol. The van der Waals surface area contributed by atoms with E-state index in [0.29, 0.717) is 44.7 Å². The summed E-state index contributed by atoms with van der Waals surface area (Å²) in [5, 5.41) is 11.1. The van der Waals surface area contributed by atoms with E-state index in [1.54, 1.807) is 28.3 Å². The zero-order valence-electron chi connectivity index (χ0n) is 17.2. The highest BCUT2D eigenvalue weighted by Gasteiger charge is 2.50. The number of pyridine rings is 1. The van der Waals surface area contributed by atoms with Crippen molar-refractivity contribution in [2.24, 2.45) is 0 Å². The number of fused-ring (bicyclic) bond motifs is 1. The third-order valence-corrected chi connectivity index (χ3v) is 6.21. The average molecular weight is 416 g/mol. The van der Waals surface area contributed by atoms with Crippen LogP contribution in [-0.4, -0.2) is 68.1 Å². The molecular formula is C24H24N4O3. The number of benzene rings is 1. The Labute approximate surface area is 180 Å². The Hall–Kier alpha value is -3.45. The van der Waals surface area contributed by atoms with Crippen molar-refractivity contribution in [2.45, 2.75) is 18.4 Å². The molecule has 3 aromatic rings. The van der Waals surface area contributed by atoms with E-state index in [0.717, 1.165) is 22.0 Å². The minimum absolute atomic E-state index is 0.137. The number of hydrogen-bond acceptors (Lipinski definition) is 4. The molecule has 158 valence electrons. The second-order valence-electron chi connectivity index (χ2n) is 8.23. The summed E-state index contributed by atoms with van der Waals surface area (Å²) >= 11 is 0. The third-order valence-electron chi connectivity index (χ3n) is 6.21. The molecule has 3 heterocycles. The first kappa shape index (κ1) is 19.5. The first-order valence-electron chi connectivity index (χ1n) is 10.5. The molecule has 0 spiro atoms. The number of amides is 2. The molecule has 1 saturated carbocycles. The van der Waals surface area contributed by atoms with Crippen molar-refractivity contribution in [1.29, 1.82) is 0 Å². The molecular weight excluding hydrogens is 392 g/mol. The molecule has 1 aliphatic carbocycles. The zero-order valence-corrected chi connectivity index (χ0v) is 17.2. The van der Waals surface area contributed by atoms with Crippen LogP contribution in [0.2, 0.25) is 0 Å². The number of aromatic nitrogens is 2. The van der Waals surface area contributed by atoms with Crippen molar-refractivity contribution in [2.75, 3.05) is 26.2 Å². The van der Waals surface area contributed by atoms with Gasteiger partial charge in [-0.25, -0.2) is 0 Å². The van der Waals surface area contributed by atoms with Gasteiger partial charge in [0, 0.05) is 55.7 Å². The molecule has 0 radical (unpaired) electrons. The lowest BCUT2D eigenvalue weighted by Gasteiger charge is -2.35. The number of rotatable bonds is 4. The van der Waals surface area contributed by atoms with Gasteiger partial charge in [0.1, 0.15) is 11.3 Å². The maximum atomic E-state index is 12.8. The second-order valence-corrected chi connectivity index (χ2v) is 8.23. The molecule has 7 heteroatoms. The number of piperazine rings is 1. The predicted molar refractivity (Wildman–Crippen MR) is 118 cm³/mol. The normalized spacial score (nSPS) is 17.6. The summed E-state index contributed by atoms with van der Waals surface area (Å²) in [5.41, 5.74) is 2.30. The minimum atomic E-state index is -1.15. The molecule has 0 unspecified atom stereocenters. The summed E-state index contributed by atoms with van der Waals surface area (Å²) in [4.78, 5) is 32.9. The van der Waals surface area contributed by atoms with E-state index in [2.05, 4.69) is 17.6 Å². The van der Waals surface area contributed by atoms with Gasteiger partial charge in [0.25, 0.3) is 11.8 Å². The van der Waals surface area contributed by atoms with Gasteiger partial charge in [-0.1, -0.05) is 18.7 Å². The van der Waals surface area contributed by atoms with Crippen molar-refractivity contribution in [3.8, 4) is 11.1 Å². The number of hydrogen-bond donors (Lipinski definition) is 1. The SMILES string of the molecule is C=Cn1ccc2cc(-c3ccc(C(=O)N4CCN(C(=O)C5(O)CC5)CC4)nc3)ccc21. The highest BCUT2D eigenvalue weighted by Crippen LogP contribution is 2.37. The molecule has 7 nitrogen and oxygen atoms in total. The van der Waals surface area contributed by atoms with Crippen LogP contribution in [0.4, 0.5) is 0 Å². The highest BCUT2D eigenvalue weighted by atomic mass is 16.3. The van der Waals surface area contributed by atoms with Crippen molar-refractivity contribution in [1.82, 2.24) is 19.4 Å². The number of nitrogens with zero attached hydrogens (tertiary/aromatic N) is 4. The fourth-order valence-electron chi connectivity index (χ4n) is 4.10. The topological polar surface area (TPSA) is 78.7 Å². The first-order valence-corrected chi connectivity index (χ1v) is 10.5. The van der Waals surface area contributed by atoms with E-state index < -0.39 is 5.60 Å². The van der Waals surface area contributed by atoms with Gasteiger partial charge in [-0.3, -0.25) is 14.6 Å². The summed E-state index contributed by atoms with van der Waals surface area (Å²) in [5.74, 6) is -0.343. The van der Waals surface area contributed by atoms with Gasteiger partial charge < -0.3 is 19.5 Å². The Morgan fingerprint density at radius 3 is 2.35 bits per heavy atom. The summed E-state index contributed by atoms with van der Waals surface area (Å²) in [6.07, 6.45) is 6.54. The minimum Gasteiger partial charge on any atom is -0.380 e. The van der Waals surface area contributed by atoms with Gasteiger partial charge in [0.05, 0.1) is 5.52 Å². The maximum Gasteiger partial charge on any atom is 0.272 e. The van der Waals surface area contributed by atoms with Crippen LogP contribution < -0.4 is 0 Å². The van der Waals surface area contributed by atoms with Crippen LogP contribution in [-0.2, 0) is 4.79 Å². The van der Waals surface area contributed by atoms with Gasteiger partial charge in [-0.15, -0.1) is 0 Å². The molecule has 2 amide bonds. The third kappa shape index (κ3) is 3.51. The second kappa shape index (κ2) is 7.35. The van der Waals surface area contributed by atoms with E-state index in [1.807, 2.05) is 35.0 Å². The molecule has 2 fully saturated rings. The van der Waals surface area contributed by atoms with Crippen LogP contribution in [0.3, 0.4) is 0 Å². The van der Waals surface area contributed by atoms with Crippen LogP contribution in [0.1, 0.15) is 23.3 Å². The Balaban J connectivity index is 1.26. The molecule has 5 rings (SSSR count). The van der Waals surface area contributed by atoms with Gasteiger partial charge in [-0.05, 0) is 42.7 Å². The van der Waals surface area contributed by atoms with Gasteiger partial charge in [0.15, 0.2) is 0 Å². The smallest absolute Gasteiger partial charge is 0.272 e. The Bertz CT molecular complexity index is 1170. The zero-order chi connectivity index (χ0) is 21.6. The summed E-state index contributed by atoms with van der Waals surface area (Å²) < 4.78 is 1.97.